The number of fused-ring (bicyclic) bond motifs is 1. The van der Waals surface area contributed by atoms with E-state index in [1.54, 1.807) is 11.1 Å². The van der Waals surface area contributed by atoms with Crippen molar-refractivity contribution in [2.24, 2.45) is 0 Å². The molecule has 0 saturated carbocycles. The number of nitrogens with zero attached hydrogens (tertiary/aromatic N) is 3. The summed E-state index contributed by atoms with van der Waals surface area (Å²) in [6, 6.07) is 0. The van der Waals surface area contributed by atoms with Crippen LogP contribution in [0.4, 0.5) is 0 Å². The third kappa shape index (κ3) is 2.65. The summed E-state index contributed by atoms with van der Waals surface area (Å²) >= 11 is 0. The van der Waals surface area contributed by atoms with Crippen LogP contribution in [-0.4, -0.2) is 45.6 Å². The molecule has 2 aromatic rings. The van der Waals surface area contributed by atoms with Crippen LogP contribution in [0.2, 0.25) is 0 Å². The van der Waals surface area contributed by atoms with Crippen molar-refractivity contribution in [1.29, 1.82) is 0 Å². The first-order valence-electron chi connectivity index (χ1n) is 8.12. The van der Waals surface area contributed by atoms with Crippen molar-refractivity contribution in [1.82, 2.24) is 20.0 Å². The van der Waals surface area contributed by atoms with Gasteiger partial charge in [0.05, 0.1) is 13.2 Å². The number of morpholine rings is 1. The predicted molar refractivity (Wildman–Crippen MR) is 81.1 cm³/mol. The first-order chi connectivity index (χ1) is 11.2. The smallest absolute Gasteiger partial charge is 0.276 e. The second-order valence-electron chi connectivity index (χ2n) is 6.20. The van der Waals surface area contributed by atoms with Crippen molar-refractivity contribution in [3.63, 3.8) is 0 Å². The van der Waals surface area contributed by atoms with Crippen LogP contribution in [0.1, 0.15) is 52.3 Å². The number of H-pyrrole nitrogens is 1. The third-order valence-corrected chi connectivity index (χ3v) is 4.53. The van der Waals surface area contributed by atoms with Crippen molar-refractivity contribution in [2.75, 3.05) is 19.7 Å². The van der Waals surface area contributed by atoms with E-state index in [0.29, 0.717) is 25.4 Å². The van der Waals surface area contributed by atoms with Gasteiger partial charge in [-0.05, 0) is 26.2 Å². The van der Waals surface area contributed by atoms with Crippen molar-refractivity contribution in [3.8, 4) is 0 Å². The highest BCUT2D eigenvalue weighted by atomic mass is 16.5. The van der Waals surface area contributed by atoms with E-state index in [-0.39, 0.29) is 12.0 Å². The predicted octanol–water partition coefficient (Wildman–Crippen LogP) is 1.80. The molecule has 1 unspecified atom stereocenters. The summed E-state index contributed by atoms with van der Waals surface area (Å²) in [7, 11) is 0. The largest absolute Gasteiger partial charge is 0.367 e. The summed E-state index contributed by atoms with van der Waals surface area (Å²) in [6.07, 6.45) is 5.51. The molecule has 3 heterocycles. The zero-order valence-corrected chi connectivity index (χ0v) is 13.2. The van der Waals surface area contributed by atoms with Gasteiger partial charge in [0.25, 0.3) is 5.91 Å². The van der Waals surface area contributed by atoms with E-state index in [1.165, 1.54) is 0 Å². The monoisotopic (exact) mass is 316 g/mol. The zero-order valence-electron chi connectivity index (χ0n) is 13.2. The number of carbonyl (C=O) groups excluding carboxylic acids is 1. The van der Waals surface area contributed by atoms with E-state index in [9.17, 15) is 4.79 Å². The second-order valence-corrected chi connectivity index (χ2v) is 6.20. The number of imidazole rings is 1. The number of aryl methyl sites for hydroxylation is 2. The number of ether oxygens (including phenoxy) is 1. The Balaban J connectivity index is 1.53. The van der Waals surface area contributed by atoms with Crippen LogP contribution in [0.3, 0.4) is 0 Å². The molecule has 122 valence electrons. The first kappa shape index (κ1) is 14.4. The first-order valence-corrected chi connectivity index (χ1v) is 8.12. The van der Waals surface area contributed by atoms with E-state index in [4.69, 9.17) is 9.26 Å². The highest BCUT2D eigenvalue weighted by Gasteiger charge is 2.32. The van der Waals surface area contributed by atoms with Crippen LogP contribution in [0.25, 0.3) is 0 Å². The zero-order chi connectivity index (χ0) is 15.8. The van der Waals surface area contributed by atoms with E-state index in [0.717, 1.165) is 48.5 Å². The SMILES string of the molecule is Cc1cnc(C2CN(C(=O)c3noc4c3CCCC4)CCO2)[nH]1. The highest BCUT2D eigenvalue weighted by Crippen LogP contribution is 2.27. The van der Waals surface area contributed by atoms with Gasteiger partial charge in [0.1, 0.15) is 17.7 Å². The standard InChI is InChI=1S/C16H20N4O3/c1-10-8-17-15(18-10)13-9-20(6-7-22-13)16(21)14-11-4-2-3-5-12(11)23-19-14/h8,13H,2-7,9H2,1H3,(H,17,18). The normalized spacial score (nSPS) is 21.3. The number of nitrogens with one attached hydrogen (secondary N) is 1. The van der Waals surface area contributed by atoms with Gasteiger partial charge in [0.15, 0.2) is 5.69 Å². The number of hydrogen-bond acceptors (Lipinski definition) is 5. The fourth-order valence-corrected chi connectivity index (χ4v) is 3.30. The average molecular weight is 316 g/mol. The molecule has 1 fully saturated rings. The number of hydrogen-bond donors (Lipinski definition) is 1. The molecule has 7 heteroatoms. The Hall–Kier alpha value is -2.15. The highest BCUT2D eigenvalue weighted by molar-refractivity contribution is 5.94. The van der Waals surface area contributed by atoms with Gasteiger partial charge in [-0.2, -0.15) is 0 Å². The third-order valence-electron chi connectivity index (χ3n) is 4.53. The van der Waals surface area contributed by atoms with Crippen molar-refractivity contribution >= 4 is 5.91 Å². The Morgan fingerprint density at radius 3 is 3.09 bits per heavy atom. The summed E-state index contributed by atoms with van der Waals surface area (Å²) < 4.78 is 11.1. The van der Waals surface area contributed by atoms with Crippen LogP contribution < -0.4 is 0 Å². The second kappa shape index (κ2) is 5.81. The lowest BCUT2D eigenvalue weighted by molar-refractivity contribution is -0.0268. The molecular formula is C16H20N4O3. The fraction of sp³-hybridized carbons (Fsp3) is 0.562. The molecule has 0 aromatic carbocycles. The van der Waals surface area contributed by atoms with Crippen LogP contribution in [0.5, 0.6) is 0 Å². The van der Waals surface area contributed by atoms with E-state index < -0.39 is 0 Å². The van der Waals surface area contributed by atoms with E-state index >= 15 is 0 Å². The maximum Gasteiger partial charge on any atom is 0.276 e. The Kier molecular flexibility index (Phi) is 3.65. The van der Waals surface area contributed by atoms with Gasteiger partial charge in [-0.25, -0.2) is 4.98 Å². The average Bonchev–Trinajstić information content (AvgIpc) is 3.20. The van der Waals surface area contributed by atoms with Crippen LogP contribution in [0.15, 0.2) is 10.7 Å². The number of rotatable bonds is 2. The minimum absolute atomic E-state index is 0.0616. The Bertz CT molecular complexity index is 721. The van der Waals surface area contributed by atoms with Crippen LogP contribution in [-0.2, 0) is 17.6 Å². The fourth-order valence-electron chi connectivity index (χ4n) is 3.30. The molecule has 23 heavy (non-hydrogen) atoms. The van der Waals surface area contributed by atoms with Gasteiger partial charge in [0.2, 0.25) is 0 Å². The van der Waals surface area contributed by atoms with Gasteiger partial charge in [0, 0.05) is 30.4 Å². The molecule has 1 aliphatic heterocycles. The van der Waals surface area contributed by atoms with Crippen LogP contribution in [0, 0.1) is 6.92 Å². The van der Waals surface area contributed by atoms with Gasteiger partial charge in [-0.1, -0.05) is 5.16 Å². The van der Waals surface area contributed by atoms with Gasteiger partial charge in [-0.3, -0.25) is 4.79 Å². The van der Waals surface area contributed by atoms with Crippen molar-refractivity contribution in [3.05, 3.63) is 34.7 Å². The summed E-state index contributed by atoms with van der Waals surface area (Å²) in [5, 5.41) is 4.04. The lowest BCUT2D eigenvalue weighted by atomic mass is 9.96. The molecule has 0 spiro atoms. The molecule has 0 bridgehead atoms. The molecule has 1 aliphatic carbocycles. The molecule has 7 nitrogen and oxygen atoms in total. The Labute approximate surface area is 134 Å². The molecule has 1 amide bonds. The molecule has 0 radical (unpaired) electrons. The Morgan fingerprint density at radius 2 is 2.26 bits per heavy atom. The quantitative estimate of drug-likeness (QED) is 0.913. The maximum absolute atomic E-state index is 12.8. The lowest BCUT2D eigenvalue weighted by Gasteiger charge is -2.31. The van der Waals surface area contributed by atoms with Gasteiger partial charge >= 0.3 is 0 Å². The van der Waals surface area contributed by atoms with Gasteiger partial charge in [-0.15, -0.1) is 0 Å². The molecule has 1 atom stereocenters. The molecule has 2 aromatic heterocycles. The van der Waals surface area contributed by atoms with E-state index in [1.807, 2.05) is 6.92 Å². The maximum atomic E-state index is 12.8. The summed E-state index contributed by atoms with van der Waals surface area (Å²) in [4.78, 5) is 22.1. The number of carbonyl (C=O) groups is 1. The minimum atomic E-state index is -0.218. The summed E-state index contributed by atoms with van der Waals surface area (Å²) in [5.74, 6) is 1.58. The van der Waals surface area contributed by atoms with Gasteiger partial charge < -0.3 is 19.1 Å². The number of aromatic nitrogens is 3. The molecule has 1 saturated heterocycles. The topological polar surface area (TPSA) is 84.2 Å². The molecular weight excluding hydrogens is 296 g/mol. The van der Waals surface area contributed by atoms with E-state index in [2.05, 4.69) is 15.1 Å². The van der Waals surface area contributed by atoms with Crippen molar-refractivity contribution in [2.45, 2.75) is 38.7 Å². The molecule has 2 aliphatic rings. The number of amides is 1. The number of aromatic amines is 1. The molecule has 1 N–H and O–H groups in total. The Morgan fingerprint density at radius 1 is 1.39 bits per heavy atom. The summed E-state index contributed by atoms with van der Waals surface area (Å²) in [5.41, 5.74) is 2.46. The minimum Gasteiger partial charge on any atom is -0.367 e. The van der Waals surface area contributed by atoms with Crippen molar-refractivity contribution < 1.29 is 14.1 Å². The summed E-state index contributed by atoms with van der Waals surface area (Å²) in [6.45, 7) is 3.49. The van der Waals surface area contributed by atoms with Crippen LogP contribution >= 0.6 is 0 Å². The lowest BCUT2D eigenvalue weighted by Crippen LogP contribution is -2.43. The molecule has 4 rings (SSSR count).